The second-order valence-electron chi connectivity index (χ2n) is 4.41. The molecule has 1 atom stereocenters. The first-order valence-electron chi connectivity index (χ1n) is 6.28. The van der Waals surface area contributed by atoms with Gasteiger partial charge in [-0.2, -0.15) is 5.26 Å². The standard InChI is InChI=1S/C14H17N3O/c1-2-11(10-15)17-9-5-7-13(16-18)12-6-3-4-8-14(12)17/h3-4,6,8,11,18H,2,5,7,9H2,1H3/b16-13-. The Morgan fingerprint density at radius 1 is 1.50 bits per heavy atom. The molecule has 1 heterocycles. The maximum atomic E-state index is 9.25. The Labute approximate surface area is 107 Å². The monoisotopic (exact) mass is 243 g/mol. The molecule has 0 aromatic heterocycles. The summed E-state index contributed by atoms with van der Waals surface area (Å²) in [4.78, 5) is 2.12. The predicted molar refractivity (Wildman–Crippen MR) is 71.0 cm³/mol. The van der Waals surface area contributed by atoms with E-state index in [1.54, 1.807) is 0 Å². The Morgan fingerprint density at radius 3 is 2.94 bits per heavy atom. The number of nitrogens with zero attached hydrogens (tertiary/aromatic N) is 3. The summed E-state index contributed by atoms with van der Waals surface area (Å²) in [5, 5.41) is 21.8. The van der Waals surface area contributed by atoms with Crippen molar-refractivity contribution in [2.24, 2.45) is 5.16 Å². The Balaban J connectivity index is 2.49. The lowest BCUT2D eigenvalue weighted by molar-refractivity contribution is 0.318. The highest BCUT2D eigenvalue weighted by Gasteiger charge is 2.24. The fourth-order valence-electron chi connectivity index (χ4n) is 2.45. The van der Waals surface area contributed by atoms with Crippen LogP contribution in [-0.2, 0) is 0 Å². The normalized spacial score (nSPS) is 18.9. The van der Waals surface area contributed by atoms with E-state index < -0.39 is 0 Å². The SMILES string of the molecule is CCC(C#N)N1CCC/C(=N/O)c2ccccc21. The number of oxime groups is 1. The molecular formula is C14H17N3O. The van der Waals surface area contributed by atoms with Gasteiger partial charge in [-0.1, -0.05) is 30.3 Å². The van der Waals surface area contributed by atoms with Crippen LogP contribution in [0, 0.1) is 11.3 Å². The third kappa shape index (κ3) is 2.17. The molecule has 0 bridgehead atoms. The summed E-state index contributed by atoms with van der Waals surface area (Å²) in [6.45, 7) is 2.84. The van der Waals surface area contributed by atoms with Crippen molar-refractivity contribution >= 4 is 11.4 Å². The average molecular weight is 243 g/mol. The third-order valence-electron chi connectivity index (χ3n) is 3.37. The van der Waals surface area contributed by atoms with Crippen molar-refractivity contribution < 1.29 is 5.21 Å². The van der Waals surface area contributed by atoms with Gasteiger partial charge in [0.1, 0.15) is 6.04 Å². The minimum atomic E-state index is -0.121. The summed E-state index contributed by atoms with van der Waals surface area (Å²) in [6.07, 6.45) is 2.43. The van der Waals surface area contributed by atoms with Crippen molar-refractivity contribution in [2.75, 3.05) is 11.4 Å². The van der Waals surface area contributed by atoms with E-state index in [4.69, 9.17) is 5.21 Å². The molecule has 0 fully saturated rings. The van der Waals surface area contributed by atoms with Gasteiger partial charge >= 0.3 is 0 Å². The number of rotatable bonds is 2. The van der Waals surface area contributed by atoms with Crippen LogP contribution in [0.15, 0.2) is 29.4 Å². The fraction of sp³-hybridized carbons (Fsp3) is 0.429. The Morgan fingerprint density at radius 2 is 2.28 bits per heavy atom. The Kier molecular flexibility index (Phi) is 3.83. The quantitative estimate of drug-likeness (QED) is 0.641. The van der Waals surface area contributed by atoms with E-state index in [0.29, 0.717) is 5.71 Å². The first kappa shape index (κ1) is 12.4. The van der Waals surface area contributed by atoms with E-state index >= 15 is 0 Å². The molecule has 4 nitrogen and oxygen atoms in total. The van der Waals surface area contributed by atoms with Crippen molar-refractivity contribution in [1.29, 1.82) is 5.26 Å². The van der Waals surface area contributed by atoms with Crippen LogP contribution in [0.25, 0.3) is 0 Å². The lowest BCUT2D eigenvalue weighted by atomic mass is 10.0. The second-order valence-corrected chi connectivity index (χ2v) is 4.41. The van der Waals surface area contributed by atoms with Gasteiger partial charge in [-0.05, 0) is 25.3 Å². The minimum absolute atomic E-state index is 0.121. The molecular weight excluding hydrogens is 226 g/mol. The zero-order valence-corrected chi connectivity index (χ0v) is 10.5. The molecule has 0 saturated carbocycles. The number of anilines is 1. The van der Waals surface area contributed by atoms with Gasteiger partial charge < -0.3 is 10.1 Å². The van der Waals surface area contributed by atoms with Crippen LogP contribution in [0.4, 0.5) is 5.69 Å². The smallest absolute Gasteiger partial charge is 0.116 e. The third-order valence-corrected chi connectivity index (χ3v) is 3.37. The van der Waals surface area contributed by atoms with Crippen LogP contribution < -0.4 is 4.90 Å². The molecule has 1 aliphatic rings. The highest BCUT2D eigenvalue weighted by atomic mass is 16.4. The van der Waals surface area contributed by atoms with Gasteiger partial charge in [-0.3, -0.25) is 0 Å². The molecule has 1 aromatic carbocycles. The molecule has 0 aliphatic carbocycles. The second kappa shape index (κ2) is 5.54. The van der Waals surface area contributed by atoms with E-state index in [1.807, 2.05) is 31.2 Å². The molecule has 0 radical (unpaired) electrons. The van der Waals surface area contributed by atoms with Crippen LogP contribution in [0.2, 0.25) is 0 Å². The van der Waals surface area contributed by atoms with Crippen LogP contribution in [0.5, 0.6) is 0 Å². The van der Waals surface area contributed by atoms with Gasteiger partial charge in [0.15, 0.2) is 0 Å². The van der Waals surface area contributed by atoms with E-state index in [-0.39, 0.29) is 6.04 Å². The van der Waals surface area contributed by atoms with Crippen LogP contribution in [0.3, 0.4) is 0 Å². The first-order valence-corrected chi connectivity index (χ1v) is 6.28. The van der Waals surface area contributed by atoms with E-state index in [1.165, 1.54) is 0 Å². The molecule has 94 valence electrons. The van der Waals surface area contributed by atoms with Gasteiger partial charge in [-0.15, -0.1) is 0 Å². The van der Waals surface area contributed by atoms with Crippen LogP contribution in [0.1, 0.15) is 31.7 Å². The van der Waals surface area contributed by atoms with E-state index in [2.05, 4.69) is 16.1 Å². The number of benzene rings is 1. The largest absolute Gasteiger partial charge is 0.411 e. The summed E-state index contributed by atoms with van der Waals surface area (Å²) in [6, 6.07) is 10.1. The highest BCUT2D eigenvalue weighted by molar-refractivity contribution is 6.05. The Bertz CT molecular complexity index is 490. The van der Waals surface area contributed by atoms with Crippen molar-refractivity contribution in [2.45, 2.75) is 32.2 Å². The summed E-state index contributed by atoms with van der Waals surface area (Å²) < 4.78 is 0. The molecule has 1 aromatic rings. The average Bonchev–Trinajstić information content (AvgIpc) is 2.60. The first-order chi connectivity index (χ1) is 8.81. The molecule has 1 aliphatic heterocycles. The number of para-hydroxylation sites is 1. The maximum Gasteiger partial charge on any atom is 0.116 e. The lowest BCUT2D eigenvalue weighted by Gasteiger charge is -2.28. The van der Waals surface area contributed by atoms with Crippen LogP contribution in [-0.4, -0.2) is 23.5 Å². The summed E-state index contributed by atoms with van der Waals surface area (Å²) >= 11 is 0. The molecule has 0 spiro atoms. The highest BCUT2D eigenvalue weighted by Crippen LogP contribution is 2.28. The van der Waals surface area contributed by atoms with Crippen molar-refractivity contribution in [3.05, 3.63) is 29.8 Å². The number of hydrogen-bond donors (Lipinski definition) is 1. The van der Waals surface area contributed by atoms with Gasteiger partial charge in [0, 0.05) is 17.8 Å². The molecule has 0 amide bonds. The Hall–Kier alpha value is -2.02. The minimum Gasteiger partial charge on any atom is -0.411 e. The molecule has 4 heteroatoms. The predicted octanol–water partition coefficient (Wildman–Crippen LogP) is 2.77. The molecule has 1 unspecified atom stereocenters. The molecule has 0 saturated heterocycles. The van der Waals surface area contributed by atoms with Crippen molar-refractivity contribution in [3.63, 3.8) is 0 Å². The number of hydrogen-bond acceptors (Lipinski definition) is 4. The van der Waals surface area contributed by atoms with Crippen LogP contribution >= 0.6 is 0 Å². The maximum absolute atomic E-state index is 9.25. The van der Waals surface area contributed by atoms with Crippen molar-refractivity contribution in [1.82, 2.24) is 0 Å². The lowest BCUT2D eigenvalue weighted by Crippen LogP contribution is -2.34. The fourth-order valence-corrected chi connectivity index (χ4v) is 2.45. The molecule has 18 heavy (non-hydrogen) atoms. The van der Waals surface area contributed by atoms with Gasteiger partial charge in [-0.25, -0.2) is 0 Å². The zero-order chi connectivity index (χ0) is 13.0. The van der Waals surface area contributed by atoms with Gasteiger partial charge in [0.25, 0.3) is 0 Å². The topological polar surface area (TPSA) is 59.6 Å². The van der Waals surface area contributed by atoms with Crippen molar-refractivity contribution in [3.8, 4) is 6.07 Å². The van der Waals surface area contributed by atoms with E-state index in [9.17, 15) is 5.26 Å². The summed E-state index contributed by atoms with van der Waals surface area (Å²) in [5.74, 6) is 0. The zero-order valence-electron chi connectivity index (χ0n) is 10.5. The van der Waals surface area contributed by atoms with Gasteiger partial charge in [0.05, 0.1) is 11.8 Å². The van der Waals surface area contributed by atoms with Gasteiger partial charge in [0.2, 0.25) is 0 Å². The number of fused-ring (bicyclic) bond motifs is 1. The molecule has 2 rings (SSSR count). The summed E-state index contributed by atoms with van der Waals surface area (Å²) in [7, 11) is 0. The number of nitriles is 1. The summed E-state index contributed by atoms with van der Waals surface area (Å²) in [5.41, 5.74) is 2.64. The van der Waals surface area contributed by atoms with E-state index in [0.717, 1.165) is 37.1 Å². The molecule has 1 N–H and O–H groups in total.